The summed E-state index contributed by atoms with van der Waals surface area (Å²) in [6.07, 6.45) is 2.39. The summed E-state index contributed by atoms with van der Waals surface area (Å²) in [6.45, 7) is 0.636. The number of methoxy groups -OCH3 is 1. The first-order chi connectivity index (χ1) is 9.63. The largest absolute Gasteiger partial charge is 0.480 e. The van der Waals surface area contributed by atoms with Gasteiger partial charge in [-0.15, -0.1) is 0 Å². The predicted octanol–water partition coefficient (Wildman–Crippen LogP) is 0.156. The van der Waals surface area contributed by atoms with Crippen LogP contribution in [0.15, 0.2) is 18.3 Å². The number of carboxylic acid groups (broad SMARTS) is 1. The fourth-order valence-corrected chi connectivity index (χ4v) is 1.50. The van der Waals surface area contributed by atoms with E-state index < -0.39 is 18.0 Å². The van der Waals surface area contributed by atoms with Crippen LogP contribution in [-0.4, -0.2) is 47.1 Å². The molecule has 8 heteroatoms. The molecule has 1 aromatic heterocycles. The Labute approximate surface area is 116 Å². The van der Waals surface area contributed by atoms with Crippen molar-refractivity contribution < 1.29 is 19.4 Å². The summed E-state index contributed by atoms with van der Waals surface area (Å²) in [4.78, 5) is 22.6. The summed E-state index contributed by atoms with van der Waals surface area (Å²) < 4.78 is 4.85. The van der Waals surface area contributed by atoms with Crippen molar-refractivity contribution in [2.45, 2.75) is 25.4 Å². The summed E-state index contributed by atoms with van der Waals surface area (Å²) in [5.74, 6) is -1.07. The zero-order chi connectivity index (χ0) is 14.8. The number of hydrogen-bond donors (Lipinski definition) is 3. The number of amides is 2. The number of carbonyl (C=O) groups excluding carboxylic acids is 1. The second kappa shape index (κ2) is 8.81. The summed E-state index contributed by atoms with van der Waals surface area (Å²) in [7, 11) is 1.54. The predicted molar refractivity (Wildman–Crippen MR) is 69.9 cm³/mol. The molecule has 0 aliphatic heterocycles. The van der Waals surface area contributed by atoms with Crippen molar-refractivity contribution in [2.24, 2.45) is 0 Å². The molecule has 1 aromatic rings. The van der Waals surface area contributed by atoms with Crippen LogP contribution in [-0.2, 0) is 16.1 Å². The monoisotopic (exact) mass is 282 g/mol. The van der Waals surface area contributed by atoms with Gasteiger partial charge >= 0.3 is 12.0 Å². The van der Waals surface area contributed by atoms with E-state index in [4.69, 9.17) is 9.84 Å². The van der Waals surface area contributed by atoms with Gasteiger partial charge in [0.05, 0.1) is 12.2 Å². The molecule has 0 saturated heterocycles. The molecule has 3 N–H and O–H groups in total. The number of carbonyl (C=O) groups is 2. The Bertz CT molecular complexity index is 427. The molecule has 1 heterocycles. The van der Waals surface area contributed by atoms with Crippen LogP contribution in [0.4, 0.5) is 4.79 Å². The Kier molecular flexibility index (Phi) is 6.97. The third kappa shape index (κ3) is 6.10. The summed E-state index contributed by atoms with van der Waals surface area (Å²) in [6, 6.07) is 1.92. The van der Waals surface area contributed by atoms with E-state index in [0.717, 1.165) is 0 Å². The summed E-state index contributed by atoms with van der Waals surface area (Å²) in [5.41, 5.74) is 0.592. The molecule has 0 aliphatic rings. The van der Waals surface area contributed by atoms with E-state index in [0.29, 0.717) is 25.1 Å². The maximum Gasteiger partial charge on any atom is 0.326 e. The number of nitrogens with zero attached hydrogens (tertiary/aromatic N) is 2. The fraction of sp³-hybridized carbons (Fsp3) is 0.500. The van der Waals surface area contributed by atoms with Crippen molar-refractivity contribution in [3.05, 3.63) is 24.0 Å². The van der Waals surface area contributed by atoms with Crippen LogP contribution in [0.1, 0.15) is 18.5 Å². The van der Waals surface area contributed by atoms with Gasteiger partial charge in [0.1, 0.15) is 6.04 Å². The zero-order valence-corrected chi connectivity index (χ0v) is 11.2. The average Bonchev–Trinajstić information content (AvgIpc) is 2.45. The van der Waals surface area contributed by atoms with E-state index in [1.165, 1.54) is 13.3 Å². The number of ether oxygens (including phenoxy) is 1. The maximum absolute atomic E-state index is 11.6. The van der Waals surface area contributed by atoms with Crippen LogP contribution < -0.4 is 10.6 Å². The molecule has 0 saturated carbocycles. The molecule has 0 aliphatic carbocycles. The van der Waals surface area contributed by atoms with Gasteiger partial charge in [0.2, 0.25) is 0 Å². The average molecular weight is 282 g/mol. The summed E-state index contributed by atoms with van der Waals surface area (Å²) >= 11 is 0. The number of urea groups is 1. The SMILES string of the molecule is COCCCC(NC(=O)NCc1cccnn1)C(=O)O. The minimum atomic E-state index is -1.07. The Balaban J connectivity index is 2.36. The lowest BCUT2D eigenvalue weighted by atomic mass is 10.1. The number of aromatic nitrogens is 2. The Morgan fingerprint density at radius 2 is 2.30 bits per heavy atom. The number of rotatable bonds is 8. The Morgan fingerprint density at radius 3 is 2.90 bits per heavy atom. The van der Waals surface area contributed by atoms with Crippen LogP contribution in [0, 0.1) is 0 Å². The molecule has 0 aromatic carbocycles. The van der Waals surface area contributed by atoms with Crippen molar-refractivity contribution in [1.82, 2.24) is 20.8 Å². The highest BCUT2D eigenvalue weighted by atomic mass is 16.5. The van der Waals surface area contributed by atoms with Crippen molar-refractivity contribution in [1.29, 1.82) is 0 Å². The molecule has 20 heavy (non-hydrogen) atoms. The molecule has 1 rings (SSSR count). The first-order valence-electron chi connectivity index (χ1n) is 6.16. The van der Waals surface area contributed by atoms with E-state index in [2.05, 4.69) is 20.8 Å². The molecular formula is C12H18N4O4. The fourth-order valence-electron chi connectivity index (χ4n) is 1.50. The van der Waals surface area contributed by atoms with Gasteiger partial charge in [0.25, 0.3) is 0 Å². The normalized spacial score (nSPS) is 11.7. The molecule has 0 fully saturated rings. The molecule has 1 unspecified atom stereocenters. The van der Waals surface area contributed by atoms with Gasteiger partial charge in [-0.1, -0.05) is 0 Å². The van der Waals surface area contributed by atoms with Gasteiger partial charge in [0.15, 0.2) is 0 Å². The van der Waals surface area contributed by atoms with Gasteiger partial charge in [0, 0.05) is 19.9 Å². The van der Waals surface area contributed by atoms with Crippen molar-refractivity contribution >= 4 is 12.0 Å². The zero-order valence-electron chi connectivity index (χ0n) is 11.2. The second-order valence-corrected chi connectivity index (χ2v) is 4.07. The number of carboxylic acids is 1. The lowest BCUT2D eigenvalue weighted by Crippen LogP contribution is -2.45. The Hall–Kier alpha value is -2.22. The van der Waals surface area contributed by atoms with Crippen molar-refractivity contribution in [3.63, 3.8) is 0 Å². The highest BCUT2D eigenvalue weighted by Crippen LogP contribution is 1.98. The molecule has 110 valence electrons. The van der Waals surface area contributed by atoms with E-state index in [1.54, 1.807) is 12.1 Å². The van der Waals surface area contributed by atoms with Crippen LogP contribution in [0.2, 0.25) is 0 Å². The number of nitrogens with one attached hydrogen (secondary N) is 2. The molecule has 1 atom stereocenters. The minimum absolute atomic E-state index is 0.185. The standard InChI is InChI=1S/C12H18N4O4/c1-20-7-3-5-10(11(17)18)15-12(19)13-8-9-4-2-6-14-16-9/h2,4,6,10H,3,5,7-8H2,1H3,(H,17,18)(H2,13,15,19). The van der Waals surface area contributed by atoms with Crippen molar-refractivity contribution in [3.8, 4) is 0 Å². The maximum atomic E-state index is 11.6. The highest BCUT2D eigenvalue weighted by Gasteiger charge is 2.19. The van der Waals surface area contributed by atoms with Gasteiger partial charge in [-0.05, 0) is 25.0 Å². The summed E-state index contributed by atoms with van der Waals surface area (Å²) in [5, 5.41) is 21.4. The van der Waals surface area contributed by atoms with Gasteiger partial charge < -0.3 is 20.5 Å². The van der Waals surface area contributed by atoms with Gasteiger partial charge in [-0.3, -0.25) is 0 Å². The van der Waals surface area contributed by atoms with Crippen LogP contribution in [0.5, 0.6) is 0 Å². The third-order valence-corrected chi connectivity index (χ3v) is 2.50. The quantitative estimate of drug-likeness (QED) is 0.585. The number of aliphatic carboxylic acids is 1. The molecule has 0 bridgehead atoms. The molecule has 0 spiro atoms. The lowest BCUT2D eigenvalue weighted by molar-refractivity contribution is -0.139. The van der Waals surface area contributed by atoms with E-state index in [-0.39, 0.29) is 6.54 Å². The molecule has 0 radical (unpaired) electrons. The minimum Gasteiger partial charge on any atom is -0.480 e. The van der Waals surface area contributed by atoms with Gasteiger partial charge in [-0.2, -0.15) is 10.2 Å². The highest BCUT2D eigenvalue weighted by molar-refractivity contribution is 5.82. The van der Waals surface area contributed by atoms with Crippen LogP contribution in [0.25, 0.3) is 0 Å². The second-order valence-electron chi connectivity index (χ2n) is 4.07. The molecule has 2 amide bonds. The van der Waals surface area contributed by atoms with Crippen LogP contribution >= 0.6 is 0 Å². The first kappa shape index (κ1) is 15.8. The first-order valence-corrected chi connectivity index (χ1v) is 6.16. The number of hydrogen-bond acceptors (Lipinski definition) is 5. The molecular weight excluding hydrogens is 264 g/mol. The topological polar surface area (TPSA) is 113 Å². The van der Waals surface area contributed by atoms with Crippen molar-refractivity contribution in [2.75, 3.05) is 13.7 Å². The molecule has 8 nitrogen and oxygen atoms in total. The van der Waals surface area contributed by atoms with E-state index in [1.807, 2.05) is 0 Å². The smallest absolute Gasteiger partial charge is 0.326 e. The van der Waals surface area contributed by atoms with Gasteiger partial charge in [-0.25, -0.2) is 9.59 Å². The third-order valence-electron chi connectivity index (χ3n) is 2.50. The lowest BCUT2D eigenvalue weighted by Gasteiger charge is -2.14. The van der Waals surface area contributed by atoms with Crippen LogP contribution in [0.3, 0.4) is 0 Å². The van der Waals surface area contributed by atoms with E-state index in [9.17, 15) is 9.59 Å². The van der Waals surface area contributed by atoms with E-state index >= 15 is 0 Å². The Morgan fingerprint density at radius 1 is 1.50 bits per heavy atom.